The maximum absolute atomic E-state index is 12.8. The number of benzene rings is 1. The maximum Gasteiger partial charge on any atom is 0.254 e. The van der Waals surface area contributed by atoms with E-state index in [1.54, 1.807) is 0 Å². The lowest BCUT2D eigenvalue weighted by molar-refractivity contribution is 0.0782. The Hall–Kier alpha value is -1.35. The number of aryl methyl sites for hydroxylation is 2. The van der Waals surface area contributed by atoms with E-state index in [1.165, 1.54) is 12.8 Å². The van der Waals surface area contributed by atoms with Gasteiger partial charge in [-0.3, -0.25) is 4.79 Å². The van der Waals surface area contributed by atoms with Crippen molar-refractivity contribution in [2.75, 3.05) is 13.1 Å². The molecule has 3 nitrogen and oxygen atoms in total. The Morgan fingerprint density at radius 3 is 2.80 bits per heavy atom. The first-order valence-corrected chi connectivity index (χ1v) is 7.68. The van der Waals surface area contributed by atoms with Crippen LogP contribution >= 0.6 is 0 Å². The van der Waals surface area contributed by atoms with Gasteiger partial charge in [0, 0.05) is 24.7 Å². The van der Waals surface area contributed by atoms with Crippen molar-refractivity contribution in [2.45, 2.75) is 39.2 Å². The van der Waals surface area contributed by atoms with Gasteiger partial charge in [0.05, 0.1) is 0 Å². The van der Waals surface area contributed by atoms with Crippen molar-refractivity contribution in [2.24, 2.45) is 17.6 Å². The molecular weight excluding hydrogens is 248 g/mol. The molecule has 1 amide bonds. The summed E-state index contributed by atoms with van der Waals surface area (Å²) in [6.45, 7) is 5.79. The average molecular weight is 272 g/mol. The summed E-state index contributed by atoms with van der Waals surface area (Å²) in [5, 5.41) is 0. The summed E-state index contributed by atoms with van der Waals surface area (Å²) in [5.74, 6) is 1.32. The van der Waals surface area contributed by atoms with Gasteiger partial charge in [-0.25, -0.2) is 0 Å². The van der Waals surface area contributed by atoms with E-state index in [0.29, 0.717) is 11.8 Å². The Bertz CT molecular complexity index is 526. The SMILES string of the molecule is Cc1ccc(C)c(C(=O)N2CC3CCCC(N)C3C2)c1. The minimum absolute atomic E-state index is 0.188. The Morgan fingerprint density at radius 1 is 1.25 bits per heavy atom. The Labute approximate surface area is 121 Å². The zero-order valence-electron chi connectivity index (χ0n) is 12.4. The summed E-state index contributed by atoms with van der Waals surface area (Å²) in [4.78, 5) is 14.8. The van der Waals surface area contributed by atoms with E-state index < -0.39 is 0 Å². The number of nitrogens with zero attached hydrogens (tertiary/aromatic N) is 1. The highest BCUT2D eigenvalue weighted by atomic mass is 16.2. The third-order valence-electron chi connectivity index (χ3n) is 5.06. The molecular formula is C17H24N2O. The summed E-state index contributed by atoms with van der Waals surface area (Å²) >= 11 is 0. The van der Waals surface area contributed by atoms with Crippen LogP contribution < -0.4 is 5.73 Å². The normalized spacial score (nSPS) is 29.4. The van der Waals surface area contributed by atoms with Crippen molar-refractivity contribution in [3.63, 3.8) is 0 Å². The second-order valence-electron chi connectivity index (χ2n) is 6.55. The molecule has 0 aromatic heterocycles. The Balaban J connectivity index is 1.80. The largest absolute Gasteiger partial charge is 0.338 e. The molecule has 3 rings (SSSR count). The Morgan fingerprint density at radius 2 is 2.05 bits per heavy atom. The van der Waals surface area contributed by atoms with Crippen molar-refractivity contribution < 1.29 is 4.79 Å². The minimum Gasteiger partial charge on any atom is -0.338 e. The van der Waals surface area contributed by atoms with Gasteiger partial charge in [0.2, 0.25) is 0 Å². The third kappa shape index (κ3) is 2.35. The van der Waals surface area contributed by atoms with Crippen LogP contribution in [0.2, 0.25) is 0 Å². The highest BCUT2D eigenvalue weighted by Crippen LogP contribution is 2.36. The lowest BCUT2D eigenvalue weighted by Crippen LogP contribution is -2.38. The summed E-state index contributed by atoms with van der Waals surface area (Å²) in [6.07, 6.45) is 3.56. The molecule has 1 heterocycles. The first kappa shape index (κ1) is 13.6. The molecule has 1 aliphatic carbocycles. The fourth-order valence-corrected chi connectivity index (χ4v) is 3.82. The van der Waals surface area contributed by atoms with Crippen LogP contribution in [0.25, 0.3) is 0 Å². The lowest BCUT2D eigenvalue weighted by Gasteiger charge is -2.29. The van der Waals surface area contributed by atoms with Crippen LogP contribution in [0.15, 0.2) is 18.2 Å². The summed E-state index contributed by atoms with van der Waals surface area (Å²) in [5.41, 5.74) is 9.31. The standard InChI is InChI=1S/C17H24N2O/c1-11-6-7-12(2)14(8-11)17(20)19-9-13-4-3-5-16(18)15(13)10-19/h6-8,13,15-16H,3-5,9-10,18H2,1-2H3. The fourth-order valence-electron chi connectivity index (χ4n) is 3.82. The van der Waals surface area contributed by atoms with E-state index in [4.69, 9.17) is 5.73 Å². The molecule has 20 heavy (non-hydrogen) atoms. The summed E-state index contributed by atoms with van der Waals surface area (Å²) in [6, 6.07) is 6.40. The third-order valence-corrected chi connectivity index (χ3v) is 5.06. The van der Waals surface area contributed by atoms with Gasteiger partial charge in [-0.1, -0.05) is 24.1 Å². The number of rotatable bonds is 1. The monoisotopic (exact) mass is 272 g/mol. The van der Waals surface area contributed by atoms with Crippen LogP contribution in [0, 0.1) is 25.7 Å². The van der Waals surface area contributed by atoms with Crippen molar-refractivity contribution in [3.8, 4) is 0 Å². The van der Waals surface area contributed by atoms with Crippen LogP contribution in [0.1, 0.15) is 40.7 Å². The van der Waals surface area contributed by atoms with E-state index in [0.717, 1.165) is 36.2 Å². The molecule has 2 N–H and O–H groups in total. The molecule has 0 bridgehead atoms. The van der Waals surface area contributed by atoms with Crippen molar-refractivity contribution >= 4 is 5.91 Å². The molecule has 3 unspecified atom stereocenters. The first-order valence-electron chi connectivity index (χ1n) is 7.68. The first-order chi connectivity index (χ1) is 9.56. The molecule has 1 aromatic carbocycles. The molecule has 3 heteroatoms. The second kappa shape index (κ2) is 5.21. The van der Waals surface area contributed by atoms with Gasteiger partial charge in [-0.05, 0) is 50.2 Å². The van der Waals surface area contributed by atoms with Gasteiger partial charge in [0.1, 0.15) is 0 Å². The van der Waals surface area contributed by atoms with E-state index in [-0.39, 0.29) is 11.9 Å². The smallest absolute Gasteiger partial charge is 0.254 e. The second-order valence-corrected chi connectivity index (χ2v) is 6.55. The predicted octanol–water partition coefficient (Wildman–Crippen LogP) is 2.50. The highest BCUT2D eigenvalue weighted by Gasteiger charge is 2.40. The number of nitrogens with two attached hydrogens (primary N) is 1. The molecule has 3 atom stereocenters. The molecule has 108 valence electrons. The predicted molar refractivity (Wildman–Crippen MR) is 80.6 cm³/mol. The number of carbonyl (C=O) groups is 1. The zero-order chi connectivity index (χ0) is 14.3. The van der Waals surface area contributed by atoms with Gasteiger partial charge >= 0.3 is 0 Å². The quantitative estimate of drug-likeness (QED) is 0.854. The molecule has 1 saturated heterocycles. The van der Waals surface area contributed by atoms with Crippen LogP contribution in [-0.2, 0) is 0 Å². The molecule has 1 aromatic rings. The zero-order valence-corrected chi connectivity index (χ0v) is 12.4. The van der Waals surface area contributed by atoms with E-state index in [1.807, 2.05) is 30.9 Å². The topological polar surface area (TPSA) is 46.3 Å². The number of hydrogen-bond acceptors (Lipinski definition) is 2. The number of likely N-dealkylation sites (tertiary alicyclic amines) is 1. The van der Waals surface area contributed by atoms with Gasteiger partial charge in [-0.15, -0.1) is 0 Å². The molecule has 0 radical (unpaired) electrons. The van der Waals surface area contributed by atoms with Crippen LogP contribution in [-0.4, -0.2) is 29.9 Å². The van der Waals surface area contributed by atoms with Gasteiger partial charge in [0.15, 0.2) is 0 Å². The van der Waals surface area contributed by atoms with Crippen molar-refractivity contribution in [3.05, 3.63) is 34.9 Å². The van der Waals surface area contributed by atoms with Gasteiger partial charge in [0.25, 0.3) is 5.91 Å². The Kier molecular flexibility index (Phi) is 3.55. The molecule has 1 saturated carbocycles. The number of hydrogen-bond donors (Lipinski definition) is 1. The van der Waals surface area contributed by atoms with E-state index in [9.17, 15) is 4.79 Å². The van der Waals surface area contributed by atoms with Crippen LogP contribution in [0.3, 0.4) is 0 Å². The summed E-state index contributed by atoms with van der Waals surface area (Å²) < 4.78 is 0. The van der Waals surface area contributed by atoms with E-state index >= 15 is 0 Å². The maximum atomic E-state index is 12.8. The molecule has 2 aliphatic rings. The average Bonchev–Trinajstić information content (AvgIpc) is 2.86. The number of amides is 1. The number of carbonyl (C=O) groups excluding carboxylic acids is 1. The van der Waals surface area contributed by atoms with Crippen molar-refractivity contribution in [1.82, 2.24) is 4.90 Å². The van der Waals surface area contributed by atoms with Gasteiger partial charge in [-0.2, -0.15) is 0 Å². The highest BCUT2D eigenvalue weighted by molar-refractivity contribution is 5.96. The van der Waals surface area contributed by atoms with E-state index in [2.05, 4.69) is 6.07 Å². The summed E-state index contributed by atoms with van der Waals surface area (Å²) in [7, 11) is 0. The molecule has 1 aliphatic heterocycles. The van der Waals surface area contributed by atoms with Crippen molar-refractivity contribution in [1.29, 1.82) is 0 Å². The minimum atomic E-state index is 0.188. The fraction of sp³-hybridized carbons (Fsp3) is 0.588. The molecule has 0 spiro atoms. The molecule has 2 fully saturated rings. The van der Waals surface area contributed by atoms with Gasteiger partial charge < -0.3 is 10.6 Å². The van der Waals surface area contributed by atoms with Crippen LogP contribution in [0.5, 0.6) is 0 Å². The number of fused-ring (bicyclic) bond motifs is 1. The lowest BCUT2D eigenvalue weighted by atomic mass is 9.78. The van der Waals surface area contributed by atoms with Crippen LogP contribution in [0.4, 0.5) is 0 Å².